The molecule has 1 fully saturated rings. The van der Waals surface area contributed by atoms with Crippen molar-refractivity contribution in [3.05, 3.63) is 49.6 Å². The number of rotatable bonds is 2. The lowest BCUT2D eigenvalue weighted by Crippen LogP contribution is -2.13. The van der Waals surface area contributed by atoms with Crippen LogP contribution in [0.1, 0.15) is 24.5 Å². The molecular weight excluding hydrogens is 335 g/mol. The summed E-state index contributed by atoms with van der Waals surface area (Å²) in [6, 6.07) is 4.01. The summed E-state index contributed by atoms with van der Waals surface area (Å²) in [6.45, 7) is 0. The normalized spacial score (nSPS) is 14.7. The van der Waals surface area contributed by atoms with Crippen LogP contribution in [0.2, 0.25) is 5.02 Å². The van der Waals surface area contributed by atoms with Crippen LogP contribution in [-0.2, 0) is 0 Å². The number of H-pyrrole nitrogens is 1. The Morgan fingerprint density at radius 2 is 2.16 bits per heavy atom. The fourth-order valence-corrected chi connectivity index (χ4v) is 2.68. The van der Waals surface area contributed by atoms with E-state index in [0.717, 1.165) is 18.5 Å². The molecule has 0 spiro atoms. The summed E-state index contributed by atoms with van der Waals surface area (Å²) in [4.78, 5) is 19.0. The molecule has 1 saturated carbocycles. The lowest BCUT2D eigenvalue weighted by Gasteiger charge is -2.07. The maximum absolute atomic E-state index is 13.0. The molecule has 0 unspecified atom stereocenters. The average Bonchev–Trinajstić information content (AvgIpc) is 3.17. The fraction of sp³-hybridized carbons (Fsp3) is 0.231. The maximum atomic E-state index is 13.0. The molecule has 98 valence electrons. The lowest BCUT2D eigenvalue weighted by molar-refractivity contribution is 0.628. The number of halogens is 3. The van der Waals surface area contributed by atoms with E-state index >= 15 is 0 Å². The molecule has 1 heterocycles. The minimum absolute atomic E-state index is 0.229. The summed E-state index contributed by atoms with van der Waals surface area (Å²) in [5.41, 5.74) is 1.03. The van der Waals surface area contributed by atoms with Gasteiger partial charge < -0.3 is 4.98 Å². The molecule has 0 radical (unpaired) electrons. The molecule has 0 saturated heterocycles. The van der Waals surface area contributed by atoms with Gasteiger partial charge in [-0.05, 0) is 47.0 Å². The van der Waals surface area contributed by atoms with E-state index in [1.54, 1.807) is 0 Å². The zero-order valence-electron chi connectivity index (χ0n) is 9.71. The minimum Gasteiger partial charge on any atom is -0.305 e. The van der Waals surface area contributed by atoms with Crippen LogP contribution in [0.4, 0.5) is 4.39 Å². The largest absolute Gasteiger partial charge is 0.305 e. The molecular formula is C13H9BrClFN2O. The fourth-order valence-electron chi connectivity index (χ4n) is 1.91. The van der Waals surface area contributed by atoms with Crippen molar-refractivity contribution in [1.29, 1.82) is 0 Å². The summed E-state index contributed by atoms with van der Waals surface area (Å²) in [7, 11) is 0. The smallest absolute Gasteiger partial charge is 0.265 e. The SMILES string of the molecule is O=c1[nH]c(-c2ccc(F)cc2Cl)nc(C2CC2)c1Br. The minimum atomic E-state index is -0.421. The van der Waals surface area contributed by atoms with Gasteiger partial charge in [0.2, 0.25) is 0 Å². The average molecular weight is 344 g/mol. The van der Waals surface area contributed by atoms with Gasteiger partial charge in [-0.3, -0.25) is 4.79 Å². The first-order valence-corrected chi connectivity index (χ1v) is 6.98. The summed E-state index contributed by atoms with van der Waals surface area (Å²) in [6.07, 6.45) is 2.07. The van der Waals surface area contributed by atoms with Crippen LogP contribution in [0.25, 0.3) is 11.4 Å². The van der Waals surface area contributed by atoms with Crippen LogP contribution in [0.5, 0.6) is 0 Å². The molecule has 3 rings (SSSR count). The summed E-state index contributed by atoms with van der Waals surface area (Å²) < 4.78 is 13.5. The first-order chi connectivity index (χ1) is 9.06. The molecule has 0 atom stereocenters. The third-order valence-electron chi connectivity index (χ3n) is 3.04. The predicted molar refractivity (Wildman–Crippen MR) is 74.9 cm³/mol. The van der Waals surface area contributed by atoms with Gasteiger partial charge in [-0.1, -0.05) is 11.6 Å². The van der Waals surface area contributed by atoms with E-state index in [-0.39, 0.29) is 10.6 Å². The number of nitrogens with zero attached hydrogens (tertiary/aromatic N) is 1. The van der Waals surface area contributed by atoms with Crippen LogP contribution >= 0.6 is 27.5 Å². The molecule has 1 aromatic carbocycles. The molecule has 1 aliphatic rings. The highest BCUT2D eigenvalue weighted by Gasteiger charge is 2.29. The summed E-state index contributed by atoms with van der Waals surface area (Å²) in [5, 5.41) is 0.229. The number of benzene rings is 1. The van der Waals surface area contributed by atoms with E-state index in [0.29, 0.717) is 21.8 Å². The lowest BCUT2D eigenvalue weighted by atomic mass is 10.2. The quantitative estimate of drug-likeness (QED) is 0.899. The molecule has 0 amide bonds. The van der Waals surface area contributed by atoms with Gasteiger partial charge in [0.05, 0.1) is 10.7 Å². The van der Waals surface area contributed by atoms with Crippen molar-refractivity contribution in [2.45, 2.75) is 18.8 Å². The van der Waals surface area contributed by atoms with Gasteiger partial charge in [0.15, 0.2) is 0 Å². The Kier molecular flexibility index (Phi) is 3.19. The Bertz CT molecular complexity index is 712. The van der Waals surface area contributed by atoms with Crippen molar-refractivity contribution in [3.63, 3.8) is 0 Å². The number of aromatic amines is 1. The zero-order chi connectivity index (χ0) is 13.6. The topological polar surface area (TPSA) is 45.8 Å². The van der Waals surface area contributed by atoms with Gasteiger partial charge in [-0.2, -0.15) is 0 Å². The predicted octanol–water partition coefficient (Wildman–Crippen LogP) is 3.87. The Balaban J connectivity index is 2.17. The second-order valence-electron chi connectivity index (χ2n) is 4.51. The first kappa shape index (κ1) is 12.8. The van der Waals surface area contributed by atoms with E-state index in [9.17, 15) is 9.18 Å². The second kappa shape index (κ2) is 4.72. The molecule has 2 aromatic rings. The second-order valence-corrected chi connectivity index (χ2v) is 5.71. The van der Waals surface area contributed by atoms with Crippen molar-refractivity contribution < 1.29 is 4.39 Å². The van der Waals surface area contributed by atoms with Gasteiger partial charge in [0, 0.05) is 11.5 Å². The standard InChI is InChI=1S/C13H9BrClFN2O/c14-10-11(6-1-2-6)17-12(18-13(10)19)8-4-3-7(16)5-9(8)15/h3-6H,1-2H2,(H,17,18,19). The molecule has 19 heavy (non-hydrogen) atoms. The molecule has 0 aliphatic heterocycles. The summed E-state index contributed by atoms with van der Waals surface area (Å²) in [5.74, 6) is 0.283. The molecule has 0 bridgehead atoms. The third-order valence-corrected chi connectivity index (χ3v) is 4.12. The Morgan fingerprint density at radius 1 is 1.42 bits per heavy atom. The zero-order valence-corrected chi connectivity index (χ0v) is 12.1. The van der Waals surface area contributed by atoms with E-state index in [1.807, 2.05) is 0 Å². The maximum Gasteiger partial charge on any atom is 0.265 e. The molecule has 1 N–H and O–H groups in total. The highest BCUT2D eigenvalue weighted by atomic mass is 79.9. The van der Waals surface area contributed by atoms with Crippen molar-refractivity contribution in [2.24, 2.45) is 0 Å². The van der Waals surface area contributed by atoms with E-state index < -0.39 is 5.82 Å². The van der Waals surface area contributed by atoms with Gasteiger partial charge in [-0.15, -0.1) is 0 Å². The Labute approximate surface area is 122 Å². The monoisotopic (exact) mass is 342 g/mol. The molecule has 3 nitrogen and oxygen atoms in total. The van der Waals surface area contributed by atoms with Gasteiger partial charge in [-0.25, -0.2) is 9.37 Å². The van der Waals surface area contributed by atoms with Gasteiger partial charge in [0.25, 0.3) is 5.56 Å². The van der Waals surface area contributed by atoms with Crippen LogP contribution in [0.15, 0.2) is 27.5 Å². The number of aromatic nitrogens is 2. The van der Waals surface area contributed by atoms with Crippen LogP contribution in [0, 0.1) is 5.82 Å². The van der Waals surface area contributed by atoms with E-state index in [2.05, 4.69) is 25.9 Å². The summed E-state index contributed by atoms with van der Waals surface area (Å²) >= 11 is 9.25. The van der Waals surface area contributed by atoms with Gasteiger partial charge >= 0.3 is 0 Å². The van der Waals surface area contributed by atoms with Crippen molar-refractivity contribution in [2.75, 3.05) is 0 Å². The van der Waals surface area contributed by atoms with Crippen LogP contribution in [-0.4, -0.2) is 9.97 Å². The number of nitrogens with one attached hydrogen (secondary N) is 1. The first-order valence-electron chi connectivity index (χ1n) is 5.81. The van der Waals surface area contributed by atoms with E-state index in [4.69, 9.17) is 11.6 Å². The van der Waals surface area contributed by atoms with Crippen molar-refractivity contribution in [1.82, 2.24) is 9.97 Å². The Morgan fingerprint density at radius 3 is 2.79 bits per heavy atom. The van der Waals surface area contributed by atoms with Gasteiger partial charge in [0.1, 0.15) is 16.1 Å². The number of hydrogen-bond donors (Lipinski definition) is 1. The molecule has 6 heteroatoms. The van der Waals surface area contributed by atoms with E-state index in [1.165, 1.54) is 18.2 Å². The van der Waals surface area contributed by atoms with Crippen LogP contribution in [0.3, 0.4) is 0 Å². The number of hydrogen-bond acceptors (Lipinski definition) is 2. The van der Waals surface area contributed by atoms with Crippen LogP contribution < -0.4 is 5.56 Å². The van der Waals surface area contributed by atoms with Crippen molar-refractivity contribution in [3.8, 4) is 11.4 Å². The molecule has 1 aromatic heterocycles. The van der Waals surface area contributed by atoms with Crippen molar-refractivity contribution >= 4 is 27.5 Å². The Hall–Kier alpha value is -1.20. The highest BCUT2D eigenvalue weighted by Crippen LogP contribution is 2.41. The highest BCUT2D eigenvalue weighted by molar-refractivity contribution is 9.10. The third kappa shape index (κ3) is 2.44. The molecule has 1 aliphatic carbocycles.